The number of aliphatic hydroxyl groups excluding tert-OH is 1. The topological polar surface area (TPSA) is 76.4 Å². The fraction of sp³-hybridized carbons (Fsp3) is 0.600. The van der Waals surface area contributed by atoms with Crippen molar-refractivity contribution in [1.29, 1.82) is 0 Å². The summed E-state index contributed by atoms with van der Waals surface area (Å²) in [5.41, 5.74) is 0.729. The summed E-state index contributed by atoms with van der Waals surface area (Å²) in [6.45, 7) is 0.968. The van der Waals surface area contributed by atoms with Gasteiger partial charge in [0, 0.05) is 20.7 Å². The van der Waals surface area contributed by atoms with E-state index in [9.17, 15) is 4.79 Å². The van der Waals surface area contributed by atoms with Crippen molar-refractivity contribution in [1.82, 2.24) is 14.9 Å². The van der Waals surface area contributed by atoms with Crippen LogP contribution >= 0.6 is 11.8 Å². The second-order valence-corrected chi connectivity index (χ2v) is 4.32. The van der Waals surface area contributed by atoms with Crippen molar-refractivity contribution in [3.8, 4) is 0 Å². The number of aromatic nitrogens is 2. The Morgan fingerprint density at radius 2 is 2.47 bits per heavy atom. The summed E-state index contributed by atoms with van der Waals surface area (Å²) in [5.74, 6) is 0.250. The Kier molecular flexibility index (Phi) is 6.03. The van der Waals surface area contributed by atoms with Crippen LogP contribution in [0, 0.1) is 0 Å². The number of thioether (sulfide) groups is 1. The Bertz CT molecular complexity index is 368. The number of carbonyl (C=O) groups excluding carboxylic acids is 1. The van der Waals surface area contributed by atoms with Crippen molar-refractivity contribution in [2.45, 2.75) is 11.8 Å². The number of imidazole rings is 1. The maximum atomic E-state index is 11.4. The number of aliphatic hydroxyl groups is 1. The van der Waals surface area contributed by atoms with Crippen molar-refractivity contribution in [2.75, 3.05) is 26.0 Å². The van der Waals surface area contributed by atoms with Crippen LogP contribution in [-0.4, -0.2) is 46.6 Å². The SMILES string of the molecule is COCCNC(=O)CSc1ncc(CO)n1C. The van der Waals surface area contributed by atoms with Crippen molar-refractivity contribution in [3.05, 3.63) is 11.9 Å². The highest BCUT2D eigenvalue weighted by Gasteiger charge is 2.08. The third kappa shape index (κ3) is 4.37. The van der Waals surface area contributed by atoms with E-state index in [1.165, 1.54) is 11.8 Å². The van der Waals surface area contributed by atoms with E-state index in [0.29, 0.717) is 18.9 Å². The zero-order chi connectivity index (χ0) is 12.7. The minimum absolute atomic E-state index is 0.0515. The van der Waals surface area contributed by atoms with E-state index >= 15 is 0 Å². The Labute approximate surface area is 104 Å². The number of nitrogens with zero attached hydrogens (tertiary/aromatic N) is 2. The molecule has 0 spiro atoms. The van der Waals surface area contributed by atoms with Crippen molar-refractivity contribution in [3.63, 3.8) is 0 Å². The molecule has 0 bridgehead atoms. The minimum Gasteiger partial charge on any atom is -0.390 e. The van der Waals surface area contributed by atoms with Crippen LogP contribution in [0.5, 0.6) is 0 Å². The molecule has 6 nitrogen and oxygen atoms in total. The number of nitrogens with one attached hydrogen (secondary N) is 1. The molecular weight excluding hydrogens is 242 g/mol. The highest BCUT2D eigenvalue weighted by Crippen LogP contribution is 2.16. The molecule has 0 radical (unpaired) electrons. The predicted molar refractivity (Wildman–Crippen MR) is 64.7 cm³/mol. The average Bonchev–Trinajstić information content (AvgIpc) is 2.68. The van der Waals surface area contributed by atoms with Gasteiger partial charge in [-0.2, -0.15) is 0 Å². The Morgan fingerprint density at radius 3 is 3.06 bits per heavy atom. The van der Waals surface area contributed by atoms with Gasteiger partial charge in [-0.05, 0) is 0 Å². The van der Waals surface area contributed by atoms with Gasteiger partial charge in [0.1, 0.15) is 0 Å². The lowest BCUT2D eigenvalue weighted by Gasteiger charge is -2.05. The summed E-state index contributed by atoms with van der Waals surface area (Å²) in [7, 11) is 3.40. The smallest absolute Gasteiger partial charge is 0.230 e. The zero-order valence-electron chi connectivity index (χ0n) is 9.97. The quantitative estimate of drug-likeness (QED) is 0.522. The molecule has 1 aromatic rings. The molecule has 96 valence electrons. The average molecular weight is 259 g/mol. The number of hydrogen-bond donors (Lipinski definition) is 2. The van der Waals surface area contributed by atoms with Gasteiger partial charge in [0.2, 0.25) is 5.91 Å². The summed E-state index contributed by atoms with van der Waals surface area (Å²) in [4.78, 5) is 15.5. The minimum atomic E-state index is -0.0550. The number of rotatable bonds is 7. The largest absolute Gasteiger partial charge is 0.390 e. The predicted octanol–water partition coefficient (Wildman–Crippen LogP) is -0.233. The molecule has 0 saturated carbocycles. The van der Waals surface area contributed by atoms with Crippen molar-refractivity contribution >= 4 is 17.7 Å². The first-order chi connectivity index (χ1) is 8.19. The van der Waals surface area contributed by atoms with Crippen LogP contribution in [0.25, 0.3) is 0 Å². The third-order valence-corrected chi connectivity index (χ3v) is 3.21. The summed E-state index contributed by atoms with van der Waals surface area (Å²) in [6, 6.07) is 0. The molecule has 0 aliphatic carbocycles. The van der Waals surface area contributed by atoms with Crippen LogP contribution < -0.4 is 5.32 Å². The first-order valence-corrected chi connectivity index (χ1v) is 6.17. The van der Waals surface area contributed by atoms with E-state index in [4.69, 9.17) is 9.84 Å². The molecule has 0 aromatic carbocycles. The molecule has 17 heavy (non-hydrogen) atoms. The maximum Gasteiger partial charge on any atom is 0.230 e. The van der Waals surface area contributed by atoms with Crippen LogP contribution in [0.2, 0.25) is 0 Å². The number of carbonyl (C=O) groups is 1. The monoisotopic (exact) mass is 259 g/mol. The van der Waals surface area contributed by atoms with Gasteiger partial charge in [-0.1, -0.05) is 11.8 Å². The lowest BCUT2D eigenvalue weighted by Crippen LogP contribution is -2.28. The molecule has 1 rings (SSSR count). The van der Waals surface area contributed by atoms with Gasteiger partial charge in [0.05, 0.1) is 30.9 Å². The molecule has 0 aliphatic heterocycles. The maximum absolute atomic E-state index is 11.4. The molecule has 0 aliphatic rings. The fourth-order valence-electron chi connectivity index (χ4n) is 1.18. The fourth-order valence-corrected chi connectivity index (χ4v) is 1.98. The molecule has 0 fully saturated rings. The van der Waals surface area contributed by atoms with Crippen LogP contribution in [0.4, 0.5) is 0 Å². The Hall–Kier alpha value is -1.05. The zero-order valence-corrected chi connectivity index (χ0v) is 10.8. The van der Waals surface area contributed by atoms with E-state index in [0.717, 1.165) is 10.9 Å². The first-order valence-electron chi connectivity index (χ1n) is 5.19. The molecule has 1 heterocycles. The normalized spacial score (nSPS) is 10.5. The second-order valence-electron chi connectivity index (χ2n) is 3.38. The third-order valence-electron chi connectivity index (χ3n) is 2.16. The van der Waals surface area contributed by atoms with E-state index in [1.54, 1.807) is 17.9 Å². The summed E-state index contributed by atoms with van der Waals surface area (Å²) >= 11 is 1.34. The van der Waals surface area contributed by atoms with Gasteiger partial charge in [-0.15, -0.1) is 0 Å². The lowest BCUT2D eigenvalue weighted by molar-refractivity contribution is -0.118. The van der Waals surface area contributed by atoms with E-state index in [1.807, 2.05) is 7.05 Å². The molecule has 0 unspecified atom stereocenters. The van der Waals surface area contributed by atoms with Gasteiger partial charge in [0.25, 0.3) is 0 Å². The van der Waals surface area contributed by atoms with Gasteiger partial charge in [-0.25, -0.2) is 4.98 Å². The summed E-state index contributed by atoms with van der Waals surface area (Å²) in [6.07, 6.45) is 1.60. The van der Waals surface area contributed by atoms with Crippen molar-refractivity contribution in [2.24, 2.45) is 7.05 Å². The summed E-state index contributed by atoms with van der Waals surface area (Å²) in [5, 5.41) is 12.4. The van der Waals surface area contributed by atoms with E-state index in [-0.39, 0.29) is 12.5 Å². The molecule has 7 heteroatoms. The lowest BCUT2D eigenvalue weighted by atomic mass is 10.5. The van der Waals surface area contributed by atoms with Crippen LogP contribution in [0.15, 0.2) is 11.4 Å². The molecular formula is C10H17N3O3S. The van der Waals surface area contributed by atoms with E-state index in [2.05, 4.69) is 10.3 Å². The molecule has 2 N–H and O–H groups in total. The highest BCUT2D eigenvalue weighted by atomic mass is 32.2. The molecule has 0 saturated heterocycles. The second kappa shape index (κ2) is 7.31. The standard InChI is InChI=1S/C10H17N3O3S/c1-13-8(6-14)5-12-10(13)17-7-9(15)11-3-4-16-2/h5,14H,3-4,6-7H2,1-2H3,(H,11,15). The number of hydrogen-bond acceptors (Lipinski definition) is 5. The van der Waals surface area contributed by atoms with Crippen LogP contribution in [0.3, 0.4) is 0 Å². The first kappa shape index (κ1) is 14.0. The Balaban J connectivity index is 2.34. The molecule has 1 amide bonds. The van der Waals surface area contributed by atoms with Gasteiger partial charge < -0.3 is 19.7 Å². The number of ether oxygens (including phenoxy) is 1. The number of amides is 1. The van der Waals surface area contributed by atoms with Gasteiger partial charge >= 0.3 is 0 Å². The van der Waals surface area contributed by atoms with Gasteiger partial charge in [-0.3, -0.25) is 4.79 Å². The van der Waals surface area contributed by atoms with Gasteiger partial charge in [0.15, 0.2) is 5.16 Å². The van der Waals surface area contributed by atoms with E-state index < -0.39 is 0 Å². The molecule has 0 atom stereocenters. The van der Waals surface area contributed by atoms with Crippen LogP contribution in [-0.2, 0) is 23.2 Å². The molecule has 1 aromatic heterocycles. The van der Waals surface area contributed by atoms with Crippen LogP contribution in [0.1, 0.15) is 5.69 Å². The van der Waals surface area contributed by atoms with Crippen molar-refractivity contribution < 1.29 is 14.6 Å². The highest BCUT2D eigenvalue weighted by molar-refractivity contribution is 7.99. The Morgan fingerprint density at radius 1 is 1.71 bits per heavy atom. The number of methoxy groups -OCH3 is 1. The summed E-state index contributed by atoms with van der Waals surface area (Å²) < 4.78 is 6.60.